The van der Waals surface area contributed by atoms with Gasteiger partial charge in [-0.3, -0.25) is 14.8 Å². The van der Waals surface area contributed by atoms with E-state index in [1.807, 2.05) is 29.4 Å². The summed E-state index contributed by atoms with van der Waals surface area (Å²) < 4.78 is 5.87. The van der Waals surface area contributed by atoms with Crippen LogP contribution < -0.4 is 0 Å². The molecule has 4 rings (SSSR count). The van der Waals surface area contributed by atoms with Crippen molar-refractivity contribution in [2.75, 3.05) is 6.54 Å². The molecule has 0 N–H and O–H groups in total. The van der Waals surface area contributed by atoms with Crippen molar-refractivity contribution in [3.63, 3.8) is 0 Å². The highest BCUT2D eigenvalue weighted by Crippen LogP contribution is 2.26. The van der Waals surface area contributed by atoms with Crippen molar-refractivity contribution < 1.29 is 9.53 Å². The SMILES string of the molecule is O=C(C1CC=CC1)N1CCc2c(COCc3ccncc3)cncc2C1. The van der Waals surface area contributed by atoms with E-state index in [4.69, 9.17) is 4.74 Å². The molecule has 5 heteroatoms. The van der Waals surface area contributed by atoms with Gasteiger partial charge in [-0.05, 0) is 53.6 Å². The first-order chi connectivity index (χ1) is 12.8. The fourth-order valence-electron chi connectivity index (χ4n) is 3.72. The van der Waals surface area contributed by atoms with Crippen LogP contribution in [0.15, 0.2) is 49.1 Å². The number of carbonyl (C=O) groups excluding carboxylic acids is 1. The van der Waals surface area contributed by atoms with Crippen LogP contribution in [0.3, 0.4) is 0 Å². The van der Waals surface area contributed by atoms with Gasteiger partial charge in [0.25, 0.3) is 0 Å². The number of rotatable bonds is 5. The lowest BCUT2D eigenvalue weighted by atomic mass is 9.96. The Bertz CT molecular complexity index is 796. The number of ether oxygens (including phenoxy) is 1. The maximum Gasteiger partial charge on any atom is 0.226 e. The number of hydrogen-bond acceptors (Lipinski definition) is 4. The molecule has 0 atom stereocenters. The Morgan fingerprint density at radius 1 is 1.12 bits per heavy atom. The number of nitrogens with zero attached hydrogens (tertiary/aromatic N) is 3. The lowest BCUT2D eigenvalue weighted by Crippen LogP contribution is -2.39. The highest BCUT2D eigenvalue weighted by atomic mass is 16.5. The van der Waals surface area contributed by atoms with E-state index in [-0.39, 0.29) is 11.8 Å². The average Bonchev–Trinajstić information content (AvgIpc) is 3.23. The van der Waals surface area contributed by atoms with Gasteiger partial charge in [-0.15, -0.1) is 0 Å². The molecule has 26 heavy (non-hydrogen) atoms. The highest BCUT2D eigenvalue weighted by molar-refractivity contribution is 5.80. The van der Waals surface area contributed by atoms with Crippen molar-refractivity contribution in [3.8, 4) is 0 Å². The van der Waals surface area contributed by atoms with Crippen LogP contribution in [0, 0.1) is 5.92 Å². The summed E-state index contributed by atoms with van der Waals surface area (Å²) in [7, 11) is 0. The third kappa shape index (κ3) is 3.68. The van der Waals surface area contributed by atoms with E-state index in [1.54, 1.807) is 12.4 Å². The molecule has 5 nitrogen and oxygen atoms in total. The van der Waals surface area contributed by atoms with Gasteiger partial charge in [0.15, 0.2) is 0 Å². The van der Waals surface area contributed by atoms with Gasteiger partial charge in [-0.1, -0.05) is 12.2 Å². The zero-order valence-corrected chi connectivity index (χ0v) is 14.8. The second-order valence-corrected chi connectivity index (χ2v) is 6.93. The van der Waals surface area contributed by atoms with Crippen LogP contribution in [-0.2, 0) is 35.7 Å². The minimum atomic E-state index is 0.136. The van der Waals surface area contributed by atoms with Crippen LogP contribution in [0.5, 0.6) is 0 Å². The van der Waals surface area contributed by atoms with Gasteiger partial charge in [0, 0.05) is 43.8 Å². The molecule has 134 valence electrons. The largest absolute Gasteiger partial charge is 0.372 e. The molecule has 3 heterocycles. The maximum absolute atomic E-state index is 12.7. The standard InChI is InChI=1S/C21H23N3O2/c25-21(17-3-1-2-4-17)24-10-7-20-18(13-24)11-23-12-19(20)15-26-14-16-5-8-22-9-6-16/h1-2,5-6,8-9,11-12,17H,3-4,7,10,13-15H2. The van der Waals surface area contributed by atoms with E-state index >= 15 is 0 Å². The summed E-state index contributed by atoms with van der Waals surface area (Å²) in [6.45, 7) is 2.55. The normalized spacial score (nSPS) is 16.7. The second kappa shape index (κ2) is 7.79. The molecular weight excluding hydrogens is 326 g/mol. The summed E-state index contributed by atoms with van der Waals surface area (Å²) in [5.74, 6) is 0.413. The van der Waals surface area contributed by atoms with Gasteiger partial charge in [0.2, 0.25) is 5.91 Å². The van der Waals surface area contributed by atoms with E-state index in [1.165, 1.54) is 5.56 Å². The highest BCUT2D eigenvalue weighted by Gasteiger charge is 2.28. The molecule has 1 aliphatic heterocycles. The number of amides is 1. The number of hydrogen-bond donors (Lipinski definition) is 0. The van der Waals surface area contributed by atoms with Crippen molar-refractivity contribution in [1.29, 1.82) is 0 Å². The number of pyridine rings is 2. The van der Waals surface area contributed by atoms with Crippen LogP contribution in [-0.4, -0.2) is 27.3 Å². The molecule has 0 aromatic carbocycles. The van der Waals surface area contributed by atoms with Crippen molar-refractivity contribution >= 4 is 5.91 Å². The Balaban J connectivity index is 1.39. The molecule has 2 aromatic rings. The lowest BCUT2D eigenvalue weighted by molar-refractivity contribution is -0.136. The van der Waals surface area contributed by atoms with Gasteiger partial charge in [0.1, 0.15) is 0 Å². The Labute approximate surface area is 153 Å². The van der Waals surface area contributed by atoms with E-state index in [2.05, 4.69) is 22.1 Å². The summed E-state index contributed by atoms with van der Waals surface area (Å²) in [6.07, 6.45) is 14.2. The molecular formula is C21H23N3O2. The Hall–Kier alpha value is -2.53. The molecule has 0 saturated carbocycles. The zero-order valence-electron chi connectivity index (χ0n) is 14.8. The van der Waals surface area contributed by atoms with Crippen molar-refractivity contribution in [2.45, 2.75) is 39.0 Å². The first kappa shape index (κ1) is 16.9. The van der Waals surface area contributed by atoms with Gasteiger partial charge >= 0.3 is 0 Å². The summed E-state index contributed by atoms with van der Waals surface area (Å²) in [5, 5.41) is 0. The van der Waals surface area contributed by atoms with Gasteiger partial charge < -0.3 is 9.64 Å². The fraction of sp³-hybridized carbons (Fsp3) is 0.381. The average molecular weight is 349 g/mol. The van der Waals surface area contributed by atoms with Crippen molar-refractivity contribution in [1.82, 2.24) is 14.9 Å². The topological polar surface area (TPSA) is 55.3 Å². The molecule has 2 aromatic heterocycles. The van der Waals surface area contributed by atoms with E-state index in [0.717, 1.165) is 42.5 Å². The van der Waals surface area contributed by atoms with Gasteiger partial charge in [0.05, 0.1) is 13.2 Å². The van der Waals surface area contributed by atoms with Gasteiger partial charge in [-0.2, -0.15) is 0 Å². The minimum absolute atomic E-state index is 0.136. The summed E-state index contributed by atoms with van der Waals surface area (Å²) >= 11 is 0. The lowest BCUT2D eigenvalue weighted by Gasteiger charge is -2.31. The van der Waals surface area contributed by atoms with Crippen molar-refractivity contribution in [2.24, 2.45) is 5.92 Å². The third-order valence-electron chi connectivity index (χ3n) is 5.17. The Kier molecular flexibility index (Phi) is 5.07. The number of allylic oxidation sites excluding steroid dienone is 2. The first-order valence-corrected chi connectivity index (χ1v) is 9.16. The molecule has 0 saturated heterocycles. The predicted molar refractivity (Wildman–Crippen MR) is 98.0 cm³/mol. The van der Waals surface area contributed by atoms with Crippen molar-refractivity contribution in [3.05, 3.63) is 71.3 Å². The van der Waals surface area contributed by atoms with Crippen LogP contribution in [0.2, 0.25) is 0 Å². The van der Waals surface area contributed by atoms with E-state index in [0.29, 0.717) is 19.8 Å². The summed E-state index contributed by atoms with van der Waals surface area (Å²) in [6, 6.07) is 3.92. The monoisotopic (exact) mass is 349 g/mol. The van der Waals surface area contributed by atoms with Crippen LogP contribution in [0.25, 0.3) is 0 Å². The predicted octanol–water partition coefficient (Wildman–Crippen LogP) is 3.04. The second-order valence-electron chi connectivity index (χ2n) is 6.93. The number of aromatic nitrogens is 2. The molecule has 1 aliphatic carbocycles. The zero-order chi connectivity index (χ0) is 17.8. The fourth-order valence-corrected chi connectivity index (χ4v) is 3.72. The molecule has 0 spiro atoms. The molecule has 2 aliphatic rings. The minimum Gasteiger partial charge on any atom is -0.372 e. The van der Waals surface area contributed by atoms with E-state index < -0.39 is 0 Å². The maximum atomic E-state index is 12.7. The van der Waals surface area contributed by atoms with Crippen LogP contribution in [0.1, 0.15) is 35.1 Å². The molecule has 0 bridgehead atoms. The Morgan fingerprint density at radius 3 is 2.73 bits per heavy atom. The summed E-state index contributed by atoms with van der Waals surface area (Å²) in [5.41, 5.74) is 4.69. The Morgan fingerprint density at radius 2 is 1.92 bits per heavy atom. The molecule has 1 amide bonds. The third-order valence-corrected chi connectivity index (χ3v) is 5.17. The van der Waals surface area contributed by atoms with Gasteiger partial charge in [-0.25, -0.2) is 0 Å². The number of carbonyl (C=O) groups is 1. The first-order valence-electron chi connectivity index (χ1n) is 9.16. The van der Waals surface area contributed by atoms with Crippen LogP contribution in [0.4, 0.5) is 0 Å². The molecule has 0 unspecified atom stereocenters. The number of fused-ring (bicyclic) bond motifs is 1. The van der Waals surface area contributed by atoms with E-state index in [9.17, 15) is 4.79 Å². The smallest absolute Gasteiger partial charge is 0.226 e. The summed E-state index contributed by atoms with van der Waals surface area (Å²) in [4.78, 5) is 23.0. The molecule has 0 fully saturated rings. The molecule has 0 radical (unpaired) electrons. The van der Waals surface area contributed by atoms with Crippen LogP contribution >= 0.6 is 0 Å². The quantitative estimate of drug-likeness (QED) is 0.779.